The number of carbonyl (C=O) groups is 1. The van der Waals surface area contributed by atoms with E-state index in [1.807, 2.05) is 18.2 Å². The third-order valence-corrected chi connectivity index (χ3v) is 4.24. The van der Waals surface area contributed by atoms with Crippen LogP contribution in [0.5, 0.6) is 0 Å². The fourth-order valence-corrected chi connectivity index (χ4v) is 2.64. The van der Waals surface area contributed by atoms with Crippen molar-refractivity contribution in [2.75, 3.05) is 32.7 Å². The summed E-state index contributed by atoms with van der Waals surface area (Å²) in [6.07, 6.45) is 0.215. The lowest BCUT2D eigenvalue weighted by atomic mass is 10.2. The summed E-state index contributed by atoms with van der Waals surface area (Å²) >= 11 is 11.9. The predicted molar refractivity (Wildman–Crippen MR) is 80.4 cm³/mol. The van der Waals surface area contributed by atoms with Gasteiger partial charge in [-0.3, -0.25) is 9.69 Å². The summed E-state index contributed by atoms with van der Waals surface area (Å²) in [7, 11) is 0. The van der Waals surface area contributed by atoms with Gasteiger partial charge in [0.05, 0.1) is 16.5 Å². The third kappa shape index (κ3) is 4.63. The van der Waals surface area contributed by atoms with E-state index < -0.39 is 5.97 Å². The van der Waals surface area contributed by atoms with E-state index in [4.69, 9.17) is 28.3 Å². The first-order valence-corrected chi connectivity index (χ1v) is 7.40. The van der Waals surface area contributed by atoms with Gasteiger partial charge in [-0.1, -0.05) is 29.3 Å². The molecule has 1 aliphatic heterocycles. The Bertz CT molecular complexity index is 474. The van der Waals surface area contributed by atoms with E-state index in [2.05, 4.69) is 9.80 Å². The zero-order chi connectivity index (χ0) is 14.5. The second-order valence-corrected chi connectivity index (χ2v) is 5.82. The van der Waals surface area contributed by atoms with Gasteiger partial charge in [0.2, 0.25) is 0 Å². The molecule has 2 rings (SSSR count). The van der Waals surface area contributed by atoms with Crippen LogP contribution in [0.15, 0.2) is 18.2 Å². The van der Waals surface area contributed by atoms with E-state index >= 15 is 0 Å². The first-order valence-electron chi connectivity index (χ1n) is 6.65. The van der Waals surface area contributed by atoms with Crippen molar-refractivity contribution in [2.45, 2.75) is 13.0 Å². The molecule has 1 saturated heterocycles. The summed E-state index contributed by atoms with van der Waals surface area (Å²) in [4.78, 5) is 15.1. The number of hydrogen-bond acceptors (Lipinski definition) is 3. The van der Waals surface area contributed by atoms with E-state index in [1.54, 1.807) is 0 Å². The van der Waals surface area contributed by atoms with Gasteiger partial charge in [-0.2, -0.15) is 0 Å². The third-order valence-electron chi connectivity index (χ3n) is 3.50. The van der Waals surface area contributed by atoms with E-state index in [0.29, 0.717) is 16.6 Å². The summed E-state index contributed by atoms with van der Waals surface area (Å²) in [5.74, 6) is -0.733. The zero-order valence-electron chi connectivity index (χ0n) is 11.2. The number of piperazine rings is 1. The highest BCUT2D eigenvalue weighted by molar-refractivity contribution is 6.42. The van der Waals surface area contributed by atoms with Gasteiger partial charge in [-0.25, -0.2) is 0 Å². The summed E-state index contributed by atoms with van der Waals surface area (Å²) in [5, 5.41) is 9.84. The Labute approximate surface area is 128 Å². The molecule has 0 radical (unpaired) electrons. The molecule has 0 amide bonds. The first kappa shape index (κ1) is 15.6. The van der Waals surface area contributed by atoms with Crippen LogP contribution >= 0.6 is 23.2 Å². The second kappa shape index (κ2) is 7.27. The van der Waals surface area contributed by atoms with Gasteiger partial charge in [-0.15, -0.1) is 0 Å². The molecule has 1 fully saturated rings. The number of carboxylic acids is 1. The molecule has 0 unspecified atom stereocenters. The van der Waals surface area contributed by atoms with Crippen molar-refractivity contribution in [1.82, 2.24) is 9.80 Å². The van der Waals surface area contributed by atoms with E-state index in [9.17, 15) is 4.79 Å². The summed E-state index contributed by atoms with van der Waals surface area (Å²) < 4.78 is 0. The van der Waals surface area contributed by atoms with Crippen molar-refractivity contribution < 1.29 is 9.90 Å². The molecular formula is C14H18Cl2N2O2. The molecule has 4 nitrogen and oxygen atoms in total. The number of rotatable bonds is 5. The standard InChI is InChI=1S/C14H18Cl2N2O2/c15-12-2-1-11(9-13(12)16)10-18-7-5-17(6-8-18)4-3-14(19)20/h1-2,9H,3-8,10H2,(H,19,20). The predicted octanol–water partition coefficient (Wildman–Crippen LogP) is 2.59. The molecule has 6 heteroatoms. The topological polar surface area (TPSA) is 43.8 Å². The van der Waals surface area contributed by atoms with Gasteiger partial charge in [0, 0.05) is 39.3 Å². The molecule has 1 aliphatic rings. The minimum Gasteiger partial charge on any atom is -0.481 e. The van der Waals surface area contributed by atoms with Gasteiger partial charge in [-0.05, 0) is 17.7 Å². The quantitative estimate of drug-likeness (QED) is 0.906. The molecule has 0 aliphatic carbocycles. The van der Waals surface area contributed by atoms with Gasteiger partial charge >= 0.3 is 5.97 Å². The van der Waals surface area contributed by atoms with Crippen LogP contribution in [-0.4, -0.2) is 53.6 Å². The maximum Gasteiger partial charge on any atom is 0.304 e. The highest BCUT2D eigenvalue weighted by atomic mass is 35.5. The highest BCUT2D eigenvalue weighted by Gasteiger charge is 2.17. The normalized spacial score (nSPS) is 17.3. The number of halogens is 2. The van der Waals surface area contributed by atoms with Crippen molar-refractivity contribution >= 4 is 29.2 Å². The SMILES string of the molecule is O=C(O)CCN1CCN(Cc2ccc(Cl)c(Cl)c2)CC1. The highest BCUT2D eigenvalue weighted by Crippen LogP contribution is 2.23. The molecule has 20 heavy (non-hydrogen) atoms. The average molecular weight is 317 g/mol. The van der Waals surface area contributed by atoms with Crippen molar-refractivity contribution in [3.05, 3.63) is 33.8 Å². The van der Waals surface area contributed by atoms with Crippen LogP contribution in [-0.2, 0) is 11.3 Å². The monoisotopic (exact) mass is 316 g/mol. The summed E-state index contributed by atoms with van der Waals surface area (Å²) in [6, 6.07) is 5.72. The number of nitrogens with zero attached hydrogens (tertiary/aromatic N) is 2. The average Bonchev–Trinajstić information content (AvgIpc) is 2.42. The fourth-order valence-electron chi connectivity index (χ4n) is 2.32. The van der Waals surface area contributed by atoms with Crippen molar-refractivity contribution in [2.24, 2.45) is 0 Å². The van der Waals surface area contributed by atoms with Crippen LogP contribution < -0.4 is 0 Å². The van der Waals surface area contributed by atoms with Crippen LogP contribution in [0.4, 0.5) is 0 Å². The van der Waals surface area contributed by atoms with Gasteiger partial charge in [0.15, 0.2) is 0 Å². The largest absolute Gasteiger partial charge is 0.481 e. The smallest absolute Gasteiger partial charge is 0.304 e. The maximum absolute atomic E-state index is 10.5. The van der Waals surface area contributed by atoms with Gasteiger partial charge in [0.25, 0.3) is 0 Å². The lowest BCUT2D eigenvalue weighted by molar-refractivity contribution is -0.137. The van der Waals surface area contributed by atoms with E-state index in [0.717, 1.165) is 38.3 Å². The van der Waals surface area contributed by atoms with E-state index in [1.165, 1.54) is 0 Å². The molecule has 0 spiro atoms. The Hall–Kier alpha value is -0.810. The van der Waals surface area contributed by atoms with Gasteiger partial charge < -0.3 is 10.0 Å². The summed E-state index contributed by atoms with van der Waals surface area (Å²) in [5.41, 5.74) is 1.15. The molecule has 0 aromatic heterocycles. The van der Waals surface area contributed by atoms with Crippen molar-refractivity contribution in [1.29, 1.82) is 0 Å². The molecule has 1 aromatic carbocycles. The Kier molecular flexibility index (Phi) is 5.66. The molecule has 0 atom stereocenters. The lowest BCUT2D eigenvalue weighted by Crippen LogP contribution is -2.46. The number of hydrogen-bond donors (Lipinski definition) is 1. The number of aliphatic carboxylic acids is 1. The van der Waals surface area contributed by atoms with Crippen LogP contribution in [0.1, 0.15) is 12.0 Å². The number of benzene rings is 1. The molecule has 1 aromatic rings. The Morgan fingerprint density at radius 1 is 1.10 bits per heavy atom. The first-order chi connectivity index (χ1) is 9.54. The second-order valence-electron chi connectivity index (χ2n) is 5.01. The Morgan fingerprint density at radius 2 is 1.75 bits per heavy atom. The van der Waals surface area contributed by atoms with Crippen LogP contribution in [0.3, 0.4) is 0 Å². The zero-order valence-corrected chi connectivity index (χ0v) is 12.7. The molecule has 1 heterocycles. The molecule has 0 saturated carbocycles. The molecule has 1 N–H and O–H groups in total. The Morgan fingerprint density at radius 3 is 2.35 bits per heavy atom. The lowest BCUT2D eigenvalue weighted by Gasteiger charge is -2.34. The summed E-state index contributed by atoms with van der Waals surface area (Å²) in [6.45, 7) is 5.20. The van der Waals surface area contributed by atoms with Crippen molar-refractivity contribution in [3.63, 3.8) is 0 Å². The maximum atomic E-state index is 10.5. The van der Waals surface area contributed by atoms with Crippen LogP contribution in [0.25, 0.3) is 0 Å². The molecule has 110 valence electrons. The van der Waals surface area contributed by atoms with Crippen LogP contribution in [0, 0.1) is 0 Å². The minimum atomic E-state index is -0.733. The fraction of sp³-hybridized carbons (Fsp3) is 0.500. The molecular weight excluding hydrogens is 299 g/mol. The van der Waals surface area contributed by atoms with Crippen LogP contribution in [0.2, 0.25) is 10.0 Å². The number of carboxylic acid groups (broad SMARTS) is 1. The van der Waals surface area contributed by atoms with Gasteiger partial charge in [0.1, 0.15) is 0 Å². The van der Waals surface area contributed by atoms with E-state index in [-0.39, 0.29) is 6.42 Å². The minimum absolute atomic E-state index is 0.215. The Balaban J connectivity index is 1.79. The van der Waals surface area contributed by atoms with Crippen molar-refractivity contribution in [3.8, 4) is 0 Å². The molecule has 0 bridgehead atoms.